The van der Waals surface area contributed by atoms with Crippen LogP contribution in [0.2, 0.25) is 0 Å². The summed E-state index contributed by atoms with van der Waals surface area (Å²) in [4.78, 5) is 37.1. The standard InChI is InChI=1S/C23H29N5O2S/c1-3-22(29)27-11-9-17-19(14-27)24-21-12-18(25-28(21)23(17)30)20-6-4-5-10-26(20)13-16-8-7-15(2)31-16/h7-8,12,20,25H,3-6,9-11,13-14H2,1-2H3. The van der Waals surface area contributed by atoms with Gasteiger partial charge in [-0.3, -0.25) is 19.6 Å². The molecule has 1 N–H and O–H groups in total. The van der Waals surface area contributed by atoms with Gasteiger partial charge in [-0.2, -0.15) is 0 Å². The number of rotatable bonds is 4. The van der Waals surface area contributed by atoms with E-state index < -0.39 is 0 Å². The van der Waals surface area contributed by atoms with Crippen LogP contribution in [0, 0.1) is 6.92 Å². The van der Waals surface area contributed by atoms with Gasteiger partial charge < -0.3 is 4.90 Å². The predicted octanol–water partition coefficient (Wildman–Crippen LogP) is 3.41. The molecule has 1 unspecified atom stereocenters. The normalized spacial score (nSPS) is 19.7. The first-order valence-electron chi connectivity index (χ1n) is 11.2. The third-order valence-corrected chi connectivity index (χ3v) is 7.55. The number of likely N-dealkylation sites (tertiary alicyclic amines) is 1. The van der Waals surface area contributed by atoms with Crippen molar-refractivity contribution in [1.82, 2.24) is 24.4 Å². The first kappa shape index (κ1) is 20.5. The van der Waals surface area contributed by atoms with Crippen LogP contribution in [0.5, 0.6) is 0 Å². The number of hydrogen-bond donors (Lipinski definition) is 1. The summed E-state index contributed by atoms with van der Waals surface area (Å²) in [5, 5.41) is 3.37. The lowest BCUT2D eigenvalue weighted by Crippen LogP contribution is -2.39. The maximum atomic E-state index is 13.2. The number of H-pyrrole nitrogens is 1. The molecule has 2 aliphatic rings. The van der Waals surface area contributed by atoms with E-state index in [0.29, 0.717) is 31.6 Å². The molecule has 31 heavy (non-hydrogen) atoms. The van der Waals surface area contributed by atoms with Crippen LogP contribution in [-0.2, 0) is 24.3 Å². The third kappa shape index (κ3) is 3.83. The topological polar surface area (TPSA) is 73.7 Å². The van der Waals surface area contributed by atoms with Gasteiger partial charge in [0.2, 0.25) is 5.91 Å². The van der Waals surface area contributed by atoms with Crippen molar-refractivity contribution in [3.63, 3.8) is 0 Å². The lowest BCUT2D eigenvalue weighted by molar-refractivity contribution is -0.131. The number of carbonyl (C=O) groups is 1. The molecule has 2 aliphatic heterocycles. The minimum atomic E-state index is -0.0221. The van der Waals surface area contributed by atoms with Crippen molar-refractivity contribution in [2.45, 2.75) is 65.1 Å². The van der Waals surface area contributed by atoms with Crippen LogP contribution in [0.1, 0.15) is 65.4 Å². The molecule has 5 rings (SSSR count). The van der Waals surface area contributed by atoms with E-state index in [1.807, 2.05) is 29.2 Å². The van der Waals surface area contributed by atoms with Gasteiger partial charge in [0.25, 0.3) is 5.56 Å². The summed E-state index contributed by atoms with van der Waals surface area (Å²) in [5.41, 5.74) is 3.17. The lowest BCUT2D eigenvalue weighted by Gasteiger charge is -2.34. The SMILES string of the molecule is CCC(=O)N1CCc2c(nc3cc(C4CCCCN4Cc4ccc(C)s4)[nH]n3c2=O)C1. The fourth-order valence-corrected chi connectivity index (χ4v) is 5.84. The van der Waals surface area contributed by atoms with Crippen LogP contribution in [-0.4, -0.2) is 43.4 Å². The Morgan fingerprint density at radius 3 is 2.94 bits per heavy atom. The van der Waals surface area contributed by atoms with Gasteiger partial charge in [-0.05, 0) is 44.9 Å². The number of amides is 1. The maximum Gasteiger partial charge on any atom is 0.276 e. The second-order valence-corrected chi connectivity index (χ2v) is 10.0. The zero-order valence-corrected chi connectivity index (χ0v) is 19.0. The van der Waals surface area contributed by atoms with Gasteiger partial charge in [0, 0.05) is 40.9 Å². The molecule has 3 aromatic heterocycles. The number of thiophene rings is 1. The predicted molar refractivity (Wildman–Crippen MR) is 121 cm³/mol. The molecule has 7 nitrogen and oxygen atoms in total. The summed E-state index contributed by atoms with van der Waals surface area (Å²) < 4.78 is 1.60. The number of aryl methyl sites for hydroxylation is 1. The van der Waals surface area contributed by atoms with Crippen molar-refractivity contribution in [1.29, 1.82) is 0 Å². The quantitative estimate of drug-likeness (QED) is 0.676. The Morgan fingerprint density at radius 2 is 2.16 bits per heavy atom. The van der Waals surface area contributed by atoms with Crippen molar-refractivity contribution in [3.8, 4) is 0 Å². The van der Waals surface area contributed by atoms with E-state index in [-0.39, 0.29) is 17.5 Å². The summed E-state index contributed by atoms with van der Waals surface area (Å²) in [5.74, 6) is 0.115. The number of carbonyl (C=O) groups excluding carboxylic acids is 1. The number of nitrogens with zero attached hydrogens (tertiary/aromatic N) is 4. The van der Waals surface area contributed by atoms with Gasteiger partial charge in [-0.15, -0.1) is 11.3 Å². The Kier molecular flexibility index (Phi) is 5.44. The first-order chi connectivity index (χ1) is 15.0. The van der Waals surface area contributed by atoms with Gasteiger partial charge >= 0.3 is 0 Å². The summed E-state index contributed by atoms with van der Waals surface area (Å²) in [7, 11) is 0. The lowest BCUT2D eigenvalue weighted by atomic mass is 9.99. The number of nitrogens with one attached hydrogen (secondary N) is 1. The van der Waals surface area contributed by atoms with Crippen LogP contribution in [0.15, 0.2) is 23.0 Å². The molecular weight excluding hydrogens is 410 g/mol. The molecule has 1 saturated heterocycles. The Balaban J connectivity index is 1.47. The Morgan fingerprint density at radius 1 is 1.29 bits per heavy atom. The van der Waals surface area contributed by atoms with Gasteiger partial charge in [-0.25, -0.2) is 9.50 Å². The summed E-state index contributed by atoms with van der Waals surface area (Å²) in [6.07, 6.45) is 4.51. The fourth-order valence-electron chi connectivity index (χ4n) is 4.92. The molecule has 1 atom stereocenters. The zero-order valence-electron chi connectivity index (χ0n) is 18.2. The van der Waals surface area contributed by atoms with Crippen molar-refractivity contribution in [2.75, 3.05) is 13.1 Å². The Hall–Kier alpha value is -2.45. The van der Waals surface area contributed by atoms with Crippen molar-refractivity contribution < 1.29 is 4.79 Å². The van der Waals surface area contributed by atoms with E-state index in [0.717, 1.165) is 36.5 Å². The largest absolute Gasteiger partial charge is 0.336 e. The van der Waals surface area contributed by atoms with E-state index in [2.05, 4.69) is 29.1 Å². The average molecular weight is 440 g/mol. The molecule has 8 heteroatoms. The van der Waals surface area contributed by atoms with Gasteiger partial charge in [0.05, 0.1) is 24.0 Å². The van der Waals surface area contributed by atoms with Gasteiger partial charge in [0.1, 0.15) is 0 Å². The third-order valence-electron chi connectivity index (χ3n) is 6.57. The maximum absolute atomic E-state index is 13.2. The second kappa shape index (κ2) is 8.24. The smallest absolute Gasteiger partial charge is 0.276 e. The number of aromatic nitrogens is 3. The first-order valence-corrected chi connectivity index (χ1v) is 12.1. The highest BCUT2D eigenvalue weighted by molar-refractivity contribution is 7.11. The number of hydrogen-bond acceptors (Lipinski definition) is 5. The molecule has 0 spiro atoms. The molecule has 0 radical (unpaired) electrons. The van der Waals surface area contributed by atoms with Crippen LogP contribution < -0.4 is 5.56 Å². The molecule has 0 aliphatic carbocycles. The molecular formula is C23H29N5O2S. The minimum absolute atomic E-state index is 0.0221. The number of fused-ring (bicyclic) bond motifs is 2. The van der Waals surface area contributed by atoms with E-state index in [1.165, 1.54) is 22.6 Å². The molecule has 0 bridgehead atoms. The molecule has 5 heterocycles. The number of aromatic amines is 1. The number of piperidine rings is 1. The van der Waals surface area contributed by atoms with Crippen LogP contribution >= 0.6 is 11.3 Å². The summed E-state index contributed by atoms with van der Waals surface area (Å²) in [6.45, 7) is 7.04. The molecule has 0 aromatic carbocycles. The highest BCUT2D eigenvalue weighted by Gasteiger charge is 2.28. The molecule has 1 fully saturated rings. The highest BCUT2D eigenvalue weighted by Crippen LogP contribution is 2.33. The van der Waals surface area contributed by atoms with Gasteiger partial charge in [0.15, 0.2) is 5.65 Å². The monoisotopic (exact) mass is 439 g/mol. The van der Waals surface area contributed by atoms with E-state index >= 15 is 0 Å². The fraction of sp³-hybridized carbons (Fsp3) is 0.522. The zero-order chi connectivity index (χ0) is 21.5. The van der Waals surface area contributed by atoms with Crippen molar-refractivity contribution in [2.24, 2.45) is 0 Å². The average Bonchev–Trinajstić information content (AvgIpc) is 3.39. The Labute approximate surface area is 185 Å². The van der Waals surface area contributed by atoms with E-state index in [9.17, 15) is 9.59 Å². The van der Waals surface area contributed by atoms with Crippen molar-refractivity contribution in [3.05, 3.63) is 55.3 Å². The summed E-state index contributed by atoms with van der Waals surface area (Å²) >= 11 is 1.86. The molecule has 1 amide bonds. The second-order valence-electron chi connectivity index (χ2n) is 8.66. The Bertz CT molecular complexity index is 1180. The van der Waals surface area contributed by atoms with E-state index in [4.69, 9.17) is 4.98 Å². The van der Waals surface area contributed by atoms with Crippen LogP contribution in [0.4, 0.5) is 0 Å². The van der Waals surface area contributed by atoms with Crippen LogP contribution in [0.3, 0.4) is 0 Å². The minimum Gasteiger partial charge on any atom is -0.336 e. The van der Waals surface area contributed by atoms with Crippen LogP contribution in [0.25, 0.3) is 5.65 Å². The molecule has 0 saturated carbocycles. The van der Waals surface area contributed by atoms with Crippen molar-refractivity contribution >= 4 is 22.9 Å². The van der Waals surface area contributed by atoms with Gasteiger partial charge in [-0.1, -0.05) is 13.3 Å². The molecule has 3 aromatic rings. The highest BCUT2D eigenvalue weighted by atomic mass is 32.1. The summed E-state index contributed by atoms with van der Waals surface area (Å²) in [6, 6.07) is 6.70. The van der Waals surface area contributed by atoms with E-state index in [1.54, 1.807) is 4.52 Å². The molecule has 164 valence electrons.